The minimum atomic E-state index is -3.62. The Balaban J connectivity index is 1.90. The predicted molar refractivity (Wildman–Crippen MR) is 114 cm³/mol. The highest BCUT2D eigenvalue weighted by Crippen LogP contribution is 2.25. The highest BCUT2D eigenvalue weighted by molar-refractivity contribution is 7.89. The van der Waals surface area contributed by atoms with Crippen molar-refractivity contribution in [3.8, 4) is 5.75 Å². The van der Waals surface area contributed by atoms with E-state index >= 15 is 0 Å². The molecule has 1 aromatic heterocycles. The first-order valence-corrected chi connectivity index (χ1v) is 10.8. The van der Waals surface area contributed by atoms with Gasteiger partial charge in [0.05, 0.1) is 12.0 Å². The van der Waals surface area contributed by atoms with Crippen molar-refractivity contribution in [1.82, 2.24) is 9.29 Å². The summed E-state index contributed by atoms with van der Waals surface area (Å²) in [4.78, 5) is 16.0. The lowest BCUT2D eigenvalue weighted by Gasteiger charge is -2.20. The van der Waals surface area contributed by atoms with Crippen LogP contribution >= 0.6 is 0 Å². The Morgan fingerprint density at radius 2 is 1.83 bits per heavy atom. The fraction of sp³-hybridized carbons (Fsp3) is 0.286. The molecule has 0 saturated heterocycles. The number of hydrogen-bond donors (Lipinski definition) is 2. The standard InChI is InChI=1S/C21H25N3O4S/c1-5-24(6-2)29(26,27)20-12-16(9-7-14(20)3)22-21(25)19-11-15-8-10-17(28-4)13-18(15)23-19/h7-13,23H,5-6H2,1-4H3,(H,22,25). The third-order valence-electron chi connectivity index (χ3n) is 4.84. The van der Waals surface area contributed by atoms with E-state index in [1.807, 2.05) is 18.2 Å². The average Bonchev–Trinajstić information content (AvgIpc) is 3.13. The molecule has 2 aromatic carbocycles. The summed E-state index contributed by atoms with van der Waals surface area (Å²) < 4.78 is 32.4. The summed E-state index contributed by atoms with van der Waals surface area (Å²) >= 11 is 0. The van der Waals surface area contributed by atoms with Crippen molar-refractivity contribution in [1.29, 1.82) is 0 Å². The maximum Gasteiger partial charge on any atom is 0.272 e. The Morgan fingerprint density at radius 1 is 1.10 bits per heavy atom. The molecule has 0 aliphatic rings. The number of nitrogens with zero attached hydrogens (tertiary/aromatic N) is 1. The second-order valence-corrected chi connectivity index (χ2v) is 8.57. The van der Waals surface area contributed by atoms with Crippen LogP contribution in [-0.2, 0) is 10.0 Å². The lowest BCUT2D eigenvalue weighted by Crippen LogP contribution is -2.31. The number of amides is 1. The van der Waals surface area contributed by atoms with Gasteiger partial charge in [-0.3, -0.25) is 4.79 Å². The fourth-order valence-electron chi connectivity index (χ4n) is 3.21. The van der Waals surface area contributed by atoms with Gasteiger partial charge in [-0.1, -0.05) is 19.9 Å². The van der Waals surface area contributed by atoms with E-state index in [9.17, 15) is 13.2 Å². The van der Waals surface area contributed by atoms with Gasteiger partial charge >= 0.3 is 0 Å². The zero-order valence-electron chi connectivity index (χ0n) is 16.9. The minimum absolute atomic E-state index is 0.195. The maximum atomic E-state index is 12.9. The van der Waals surface area contributed by atoms with Gasteiger partial charge in [0.15, 0.2) is 0 Å². The van der Waals surface area contributed by atoms with E-state index in [4.69, 9.17) is 4.74 Å². The van der Waals surface area contributed by atoms with E-state index < -0.39 is 10.0 Å². The summed E-state index contributed by atoms with van der Waals surface area (Å²) in [5, 5.41) is 3.66. The summed E-state index contributed by atoms with van der Waals surface area (Å²) in [5.74, 6) is 0.339. The molecule has 0 saturated carbocycles. The number of carbonyl (C=O) groups excluding carboxylic acids is 1. The molecule has 8 heteroatoms. The van der Waals surface area contributed by atoms with Crippen LogP contribution in [0.3, 0.4) is 0 Å². The molecule has 0 atom stereocenters. The van der Waals surface area contributed by atoms with E-state index in [1.165, 1.54) is 10.4 Å². The molecule has 7 nitrogen and oxygen atoms in total. The quantitative estimate of drug-likeness (QED) is 0.614. The van der Waals surface area contributed by atoms with Crippen molar-refractivity contribution in [2.75, 3.05) is 25.5 Å². The monoisotopic (exact) mass is 415 g/mol. The van der Waals surface area contributed by atoms with Gasteiger partial charge in [0.25, 0.3) is 5.91 Å². The van der Waals surface area contributed by atoms with Crippen molar-refractivity contribution < 1.29 is 17.9 Å². The average molecular weight is 416 g/mol. The highest BCUT2D eigenvalue weighted by atomic mass is 32.2. The van der Waals surface area contributed by atoms with E-state index in [0.717, 1.165) is 10.9 Å². The number of sulfonamides is 1. The van der Waals surface area contributed by atoms with E-state index in [-0.39, 0.29) is 10.8 Å². The summed E-state index contributed by atoms with van der Waals surface area (Å²) in [6, 6.07) is 12.1. The van der Waals surface area contributed by atoms with Gasteiger partial charge in [-0.25, -0.2) is 8.42 Å². The van der Waals surface area contributed by atoms with Gasteiger partial charge in [0.2, 0.25) is 10.0 Å². The zero-order chi connectivity index (χ0) is 21.2. The van der Waals surface area contributed by atoms with Crippen molar-refractivity contribution in [3.05, 3.63) is 53.7 Å². The minimum Gasteiger partial charge on any atom is -0.497 e. The van der Waals surface area contributed by atoms with Crippen LogP contribution in [-0.4, -0.2) is 43.8 Å². The van der Waals surface area contributed by atoms with Crippen LogP contribution in [0.15, 0.2) is 47.4 Å². The van der Waals surface area contributed by atoms with Gasteiger partial charge in [0.1, 0.15) is 11.4 Å². The largest absolute Gasteiger partial charge is 0.497 e. The number of hydrogen-bond acceptors (Lipinski definition) is 4. The first-order valence-electron chi connectivity index (χ1n) is 9.39. The summed E-state index contributed by atoms with van der Waals surface area (Å²) in [5.41, 5.74) is 2.21. The Morgan fingerprint density at radius 3 is 2.48 bits per heavy atom. The zero-order valence-corrected chi connectivity index (χ0v) is 17.8. The Labute approximate surface area is 170 Å². The summed E-state index contributed by atoms with van der Waals surface area (Å²) in [7, 11) is -2.04. The number of ether oxygens (including phenoxy) is 1. The number of aromatic nitrogens is 1. The summed E-state index contributed by atoms with van der Waals surface area (Å²) in [6.45, 7) is 6.10. The lowest BCUT2D eigenvalue weighted by molar-refractivity contribution is 0.102. The molecular formula is C21H25N3O4S. The number of aromatic amines is 1. The third-order valence-corrected chi connectivity index (χ3v) is 7.04. The number of H-pyrrole nitrogens is 1. The van der Waals surface area contributed by atoms with Crippen molar-refractivity contribution >= 4 is 32.5 Å². The van der Waals surface area contributed by atoms with Gasteiger partial charge in [0, 0.05) is 35.7 Å². The molecule has 0 unspecified atom stereocenters. The molecular weight excluding hydrogens is 390 g/mol. The van der Waals surface area contributed by atoms with Gasteiger partial charge in [-0.05, 0) is 42.8 Å². The first kappa shape index (κ1) is 20.9. The fourth-order valence-corrected chi connectivity index (χ4v) is 4.92. The number of rotatable bonds is 7. The molecule has 3 rings (SSSR count). The number of anilines is 1. The molecule has 0 bridgehead atoms. The third kappa shape index (κ3) is 4.13. The predicted octanol–water partition coefficient (Wildman–Crippen LogP) is 3.77. The van der Waals surface area contributed by atoms with Gasteiger partial charge in [-0.2, -0.15) is 4.31 Å². The number of benzene rings is 2. The molecule has 3 aromatic rings. The molecule has 1 heterocycles. The van der Waals surface area contributed by atoms with Crippen LogP contribution in [0.2, 0.25) is 0 Å². The second-order valence-electron chi connectivity index (χ2n) is 6.66. The number of carbonyl (C=O) groups is 1. The molecule has 29 heavy (non-hydrogen) atoms. The van der Waals surface area contributed by atoms with E-state index in [1.54, 1.807) is 46.1 Å². The molecule has 1 amide bonds. The van der Waals surface area contributed by atoms with Crippen LogP contribution in [0.25, 0.3) is 10.9 Å². The van der Waals surface area contributed by atoms with Crippen molar-refractivity contribution in [2.45, 2.75) is 25.7 Å². The second kappa shape index (κ2) is 8.26. The number of aryl methyl sites for hydroxylation is 1. The smallest absolute Gasteiger partial charge is 0.272 e. The van der Waals surface area contributed by atoms with Crippen LogP contribution in [0, 0.1) is 6.92 Å². The lowest BCUT2D eigenvalue weighted by atomic mass is 10.2. The van der Waals surface area contributed by atoms with E-state index in [0.29, 0.717) is 35.8 Å². The number of nitrogens with one attached hydrogen (secondary N) is 2. The van der Waals surface area contributed by atoms with Crippen molar-refractivity contribution in [2.24, 2.45) is 0 Å². The first-order chi connectivity index (χ1) is 13.8. The highest BCUT2D eigenvalue weighted by Gasteiger charge is 2.24. The van der Waals surface area contributed by atoms with Crippen LogP contribution < -0.4 is 10.1 Å². The van der Waals surface area contributed by atoms with E-state index in [2.05, 4.69) is 10.3 Å². The molecule has 2 N–H and O–H groups in total. The Kier molecular flexibility index (Phi) is 5.95. The molecule has 0 aliphatic heterocycles. The van der Waals surface area contributed by atoms with Crippen LogP contribution in [0.5, 0.6) is 5.75 Å². The topological polar surface area (TPSA) is 91.5 Å². The molecule has 154 valence electrons. The van der Waals surface area contributed by atoms with Gasteiger partial charge < -0.3 is 15.0 Å². The molecule has 0 aliphatic carbocycles. The SMILES string of the molecule is CCN(CC)S(=O)(=O)c1cc(NC(=O)c2cc3ccc(OC)cc3[nH]2)ccc1C. The molecule has 0 radical (unpaired) electrons. The molecule has 0 fully saturated rings. The Hall–Kier alpha value is -2.84. The van der Waals surface area contributed by atoms with Crippen molar-refractivity contribution in [3.63, 3.8) is 0 Å². The maximum absolute atomic E-state index is 12.9. The van der Waals surface area contributed by atoms with Crippen LogP contribution in [0.1, 0.15) is 29.9 Å². The number of methoxy groups -OCH3 is 1. The Bertz CT molecular complexity index is 1150. The molecule has 0 spiro atoms. The summed E-state index contributed by atoms with van der Waals surface area (Å²) in [6.07, 6.45) is 0. The normalized spacial score (nSPS) is 11.8. The van der Waals surface area contributed by atoms with Crippen LogP contribution in [0.4, 0.5) is 5.69 Å². The van der Waals surface area contributed by atoms with Gasteiger partial charge in [-0.15, -0.1) is 0 Å². The number of fused-ring (bicyclic) bond motifs is 1.